The van der Waals surface area contributed by atoms with Crippen molar-refractivity contribution in [3.63, 3.8) is 0 Å². The Labute approximate surface area is 91.5 Å². The maximum atomic E-state index is 13.0. The van der Waals surface area contributed by atoms with Gasteiger partial charge in [0, 0.05) is 18.5 Å². The second-order valence-corrected chi connectivity index (χ2v) is 3.57. The average Bonchev–Trinajstić information content (AvgIpc) is 2.63. The molecule has 0 spiro atoms. The minimum Gasteiger partial charge on any atom is -0.322 e. The van der Waals surface area contributed by atoms with Gasteiger partial charge in [-0.25, -0.2) is 13.8 Å². The van der Waals surface area contributed by atoms with Crippen LogP contribution in [0.3, 0.4) is 0 Å². The van der Waals surface area contributed by atoms with Crippen molar-refractivity contribution in [3.8, 4) is 5.69 Å². The second kappa shape index (κ2) is 4.02. The minimum absolute atomic E-state index is 0.304. The number of halogens is 2. The molecule has 0 aliphatic heterocycles. The first kappa shape index (κ1) is 10.8. The molecule has 0 amide bonds. The zero-order valence-electron chi connectivity index (χ0n) is 8.69. The summed E-state index contributed by atoms with van der Waals surface area (Å²) in [5.74, 6) is -0.691. The summed E-state index contributed by atoms with van der Waals surface area (Å²) in [4.78, 5) is 4.04. The number of benzene rings is 1. The van der Waals surface area contributed by atoms with Crippen LogP contribution in [0.4, 0.5) is 8.78 Å². The third kappa shape index (κ3) is 1.94. The molecule has 1 aromatic carbocycles. The first-order chi connectivity index (χ1) is 7.58. The fourth-order valence-corrected chi connectivity index (χ4v) is 1.55. The number of aromatic nitrogens is 2. The van der Waals surface area contributed by atoms with Crippen molar-refractivity contribution in [2.75, 3.05) is 0 Å². The molecule has 1 aromatic heterocycles. The number of nitrogens with zero attached hydrogens (tertiary/aromatic N) is 2. The van der Waals surface area contributed by atoms with E-state index in [1.165, 1.54) is 12.1 Å². The first-order valence-corrected chi connectivity index (χ1v) is 4.83. The van der Waals surface area contributed by atoms with Crippen LogP contribution in [0.1, 0.15) is 18.8 Å². The van der Waals surface area contributed by atoms with E-state index >= 15 is 0 Å². The molecule has 2 aromatic rings. The molecule has 0 unspecified atom stereocenters. The summed E-state index contributed by atoms with van der Waals surface area (Å²) >= 11 is 0. The highest BCUT2D eigenvalue weighted by Crippen LogP contribution is 2.17. The van der Waals surface area contributed by atoms with E-state index in [9.17, 15) is 8.78 Å². The van der Waals surface area contributed by atoms with Gasteiger partial charge in [0.2, 0.25) is 0 Å². The molecule has 0 saturated carbocycles. The second-order valence-electron chi connectivity index (χ2n) is 3.57. The Bertz CT molecular complexity index is 485. The fraction of sp³-hybridized carbons (Fsp3) is 0.182. The maximum absolute atomic E-state index is 13.0. The van der Waals surface area contributed by atoms with E-state index in [1.54, 1.807) is 23.9 Å². The topological polar surface area (TPSA) is 43.8 Å². The predicted octanol–water partition coefficient (Wildman–Crippen LogP) is 2.17. The highest BCUT2D eigenvalue weighted by Gasteiger charge is 2.10. The molecule has 0 bridgehead atoms. The molecule has 16 heavy (non-hydrogen) atoms. The van der Waals surface area contributed by atoms with Crippen LogP contribution >= 0.6 is 0 Å². The summed E-state index contributed by atoms with van der Waals surface area (Å²) in [6.45, 7) is 1.76. The first-order valence-electron chi connectivity index (χ1n) is 4.83. The Hall–Kier alpha value is -1.75. The van der Waals surface area contributed by atoms with Gasteiger partial charge >= 0.3 is 0 Å². The summed E-state index contributed by atoms with van der Waals surface area (Å²) in [5, 5.41) is 0. The van der Waals surface area contributed by atoms with Crippen LogP contribution in [0.5, 0.6) is 0 Å². The Morgan fingerprint density at radius 2 is 1.88 bits per heavy atom. The van der Waals surface area contributed by atoms with Crippen molar-refractivity contribution >= 4 is 0 Å². The Morgan fingerprint density at radius 3 is 2.44 bits per heavy atom. The molecular weight excluding hydrogens is 212 g/mol. The number of rotatable bonds is 2. The molecule has 0 fully saturated rings. The third-order valence-electron chi connectivity index (χ3n) is 2.20. The van der Waals surface area contributed by atoms with Gasteiger partial charge in [-0.1, -0.05) is 0 Å². The van der Waals surface area contributed by atoms with Gasteiger partial charge in [0.05, 0.1) is 11.7 Å². The SMILES string of the molecule is C[C@H](N)c1nccn1-c1cc(F)cc(F)c1. The van der Waals surface area contributed by atoms with Gasteiger partial charge in [-0.05, 0) is 19.1 Å². The Kier molecular flexibility index (Phi) is 2.70. The molecule has 0 aliphatic rings. The lowest BCUT2D eigenvalue weighted by atomic mass is 10.2. The molecule has 3 nitrogen and oxygen atoms in total. The number of imidazole rings is 1. The molecular formula is C11H11F2N3. The average molecular weight is 223 g/mol. The summed E-state index contributed by atoms with van der Waals surface area (Å²) in [6, 6.07) is 2.99. The van der Waals surface area contributed by atoms with Crippen molar-refractivity contribution in [1.82, 2.24) is 9.55 Å². The van der Waals surface area contributed by atoms with E-state index in [0.717, 1.165) is 6.07 Å². The Morgan fingerprint density at radius 1 is 1.25 bits per heavy atom. The monoisotopic (exact) mass is 223 g/mol. The molecule has 2 N–H and O–H groups in total. The fourth-order valence-electron chi connectivity index (χ4n) is 1.55. The lowest BCUT2D eigenvalue weighted by Gasteiger charge is -2.10. The van der Waals surface area contributed by atoms with E-state index in [0.29, 0.717) is 11.5 Å². The zero-order chi connectivity index (χ0) is 11.7. The van der Waals surface area contributed by atoms with Crippen LogP contribution in [0.15, 0.2) is 30.6 Å². The van der Waals surface area contributed by atoms with Crippen LogP contribution in [-0.4, -0.2) is 9.55 Å². The van der Waals surface area contributed by atoms with E-state index < -0.39 is 11.6 Å². The number of hydrogen-bond donors (Lipinski definition) is 1. The van der Waals surface area contributed by atoms with E-state index in [4.69, 9.17) is 5.73 Å². The standard InChI is InChI=1S/C11H11F2N3/c1-7(14)11-15-2-3-16(11)10-5-8(12)4-9(13)6-10/h2-7H,14H2,1H3/t7-/m0/s1. The maximum Gasteiger partial charge on any atom is 0.129 e. The lowest BCUT2D eigenvalue weighted by molar-refractivity contribution is 0.580. The smallest absolute Gasteiger partial charge is 0.129 e. The van der Waals surface area contributed by atoms with Crippen molar-refractivity contribution in [3.05, 3.63) is 48.1 Å². The van der Waals surface area contributed by atoms with E-state index in [-0.39, 0.29) is 6.04 Å². The van der Waals surface area contributed by atoms with Crippen LogP contribution in [0, 0.1) is 11.6 Å². The molecule has 1 heterocycles. The molecule has 1 atom stereocenters. The van der Waals surface area contributed by atoms with Crippen LogP contribution < -0.4 is 5.73 Å². The van der Waals surface area contributed by atoms with Crippen LogP contribution in [0.25, 0.3) is 5.69 Å². The van der Waals surface area contributed by atoms with Crippen molar-refractivity contribution in [1.29, 1.82) is 0 Å². The summed E-state index contributed by atoms with van der Waals surface area (Å²) < 4.78 is 27.7. The van der Waals surface area contributed by atoms with E-state index in [2.05, 4.69) is 4.98 Å². The molecule has 84 valence electrons. The summed E-state index contributed by atoms with van der Waals surface area (Å²) in [6.07, 6.45) is 3.16. The molecule has 5 heteroatoms. The summed E-state index contributed by atoms with van der Waals surface area (Å²) in [5.41, 5.74) is 6.08. The predicted molar refractivity (Wildman–Crippen MR) is 56.1 cm³/mol. The van der Waals surface area contributed by atoms with Gasteiger partial charge in [0.25, 0.3) is 0 Å². The molecule has 0 aliphatic carbocycles. The van der Waals surface area contributed by atoms with Crippen LogP contribution in [-0.2, 0) is 0 Å². The van der Waals surface area contributed by atoms with Gasteiger partial charge in [-0.2, -0.15) is 0 Å². The van der Waals surface area contributed by atoms with Gasteiger partial charge in [-0.3, -0.25) is 0 Å². The minimum atomic E-state index is -0.626. The molecule has 2 rings (SSSR count). The Balaban J connectivity index is 2.54. The summed E-state index contributed by atoms with van der Waals surface area (Å²) in [7, 11) is 0. The van der Waals surface area contributed by atoms with Gasteiger partial charge in [0.1, 0.15) is 17.5 Å². The largest absolute Gasteiger partial charge is 0.322 e. The normalized spacial score (nSPS) is 12.8. The molecule has 0 saturated heterocycles. The van der Waals surface area contributed by atoms with E-state index in [1.807, 2.05) is 0 Å². The van der Waals surface area contributed by atoms with Crippen molar-refractivity contribution in [2.45, 2.75) is 13.0 Å². The molecule has 0 radical (unpaired) electrons. The third-order valence-corrected chi connectivity index (χ3v) is 2.20. The lowest BCUT2D eigenvalue weighted by Crippen LogP contribution is -2.12. The van der Waals surface area contributed by atoms with Crippen LogP contribution in [0.2, 0.25) is 0 Å². The number of hydrogen-bond acceptors (Lipinski definition) is 2. The highest BCUT2D eigenvalue weighted by molar-refractivity contribution is 5.34. The van der Waals surface area contributed by atoms with Gasteiger partial charge in [-0.15, -0.1) is 0 Å². The quantitative estimate of drug-likeness (QED) is 0.847. The van der Waals surface area contributed by atoms with Crippen molar-refractivity contribution < 1.29 is 8.78 Å². The highest BCUT2D eigenvalue weighted by atomic mass is 19.1. The van der Waals surface area contributed by atoms with Gasteiger partial charge in [0.15, 0.2) is 0 Å². The number of nitrogens with two attached hydrogens (primary N) is 1. The zero-order valence-corrected chi connectivity index (χ0v) is 8.69. The van der Waals surface area contributed by atoms with Crippen molar-refractivity contribution in [2.24, 2.45) is 5.73 Å². The van der Waals surface area contributed by atoms with Gasteiger partial charge < -0.3 is 10.3 Å².